The predicted molar refractivity (Wildman–Crippen MR) is 112 cm³/mol. The molecule has 0 unspecified atom stereocenters. The van der Waals surface area contributed by atoms with Crippen molar-refractivity contribution < 1.29 is 22.5 Å². The second-order valence-electron chi connectivity index (χ2n) is 7.84. The molecule has 8 nitrogen and oxygen atoms in total. The van der Waals surface area contributed by atoms with Crippen molar-refractivity contribution in [2.24, 2.45) is 5.92 Å². The lowest BCUT2D eigenvalue weighted by molar-refractivity contribution is -0.135. The number of ether oxygens (including phenoxy) is 1. The van der Waals surface area contributed by atoms with E-state index in [0.717, 1.165) is 16.9 Å². The van der Waals surface area contributed by atoms with Crippen LogP contribution in [-0.4, -0.2) is 55.9 Å². The third kappa shape index (κ3) is 4.37. The van der Waals surface area contributed by atoms with Crippen LogP contribution in [0.25, 0.3) is 0 Å². The van der Waals surface area contributed by atoms with Crippen molar-refractivity contribution in [2.45, 2.75) is 45.1 Å². The van der Waals surface area contributed by atoms with Gasteiger partial charge in [-0.1, -0.05) is 22.9 Å². The molecule has 1 aliphatic rings. The maximum atomic E-state index is 13.0. The minimum atomic E-state index is -3.68. The van der Waals surface area contributed by atoms with Crippen LogP contribution in [0.15, 0.2) is 27.6 Å². The van der Waals surface area contributed by atoms with Gasteiger partial charge in [0.25, 0.3) is 0 Å². The number of hydrogen-bond acceptors (Lipinski definition) is 6. The molecule has 1 aliphatic heterocycles. The van der Waals surface area contributed by atoms with Gasteiger partial charge >= 0.3 is 0 Å². The smallest absolute Gasteiger partial charge is 0.248 e. The number of methoxy groups -OCH3 is 1. The Labute approximate surface area is 177 Å². The first-order chi connectivity index (χ1) is 14.1. The van der Waals surface area contributed by atoms with Gasteiger partial charge in [0.1, 0.15) is 16.3 Å². The van der Waals surface area contributed by atoms with Crippen LogP contribution in [0.3, 0.4) is 0 Å². The normalized spacial score (nSPS) is 15.9. The lowest BCUT2D eigenvalue weighted by Crippen LogP contribution is -2.43. The Morgan fingerprint density at radius 1 is 1.27 bits per heavy atom. The number of carbonyl (C=O) groups is 1. The Morgan fingerprint density at radius 3 is 2.50 bits per heavy atom. The molecule has 3 rings (SSSR count). The van der Waals surface area contributed by atoms with E-state index in [1.54, 1.807) is 32.9 Å². The molecule has 1 saturated heterocycles. The molecule has 2 heterocycles. The van der Waals surface area contributed by atoms with E-state index >= 15 is 0 Å². The summed E-state index contributed by atoms with van der Waals surface area (Å²) in [5.74, 6) is 0.855. The van der Waals surface area contributed by atoms with Crippen molar-refractivity contribution in [3.05, 3.63) is 40.8 Å². The molecule has 1 aromatic heterocycles. The quantitative estimate of drug-likeness (QED) is 0.693. The summed E-state index contributed by atoms with van der Waals surface area (Å²) in [4.78, 5) is 14.8. The monoisotopic (exact) mass is 435 g/mol. The fourth-order valence-electron chi connectivity index (χ4n) is 3.99. The van der Waals surface area contributed by atoms with Crippen LogP contribution in [0.1, 0.15) is 35.4 Å². The number of piperidine rings is 1. The van der Waals surface area contributed by atoms with Crippen LogP contribution in [-0.2, 0) is 21.4 Å². The van der Waals surface area contributed by atoms with Gasteiger partial charge in [-0.15, -0.1) is 0 Å². The van der Waals surface area contributed by atoms with E-state index in [-0.39, 0.29) is 22.5 Å². The van der Waals surface area contributed by atoms with Crippen LogP contribution < -0.4 is 4.74 Å². The van der Waals surface area contributed by atoms with Crippen LogP contribution in [0.2, 0.25) is 0 Å². The first-order valence-corrected chi connectivity index (χ1v) is 11.4. The van der Waals surface area contributed by atoms with Gasteiger partial charge in [-0.3, -0.25) is 4.79 Å². The first kappa shape index (κ1) is 22.3. The van der Waals surface area contributed by atoms with E-state index in [0.29, 0.717) is 38.2 Å². The van der Waals surface area contributed by atoms with Gasteiger partial charge < -0.3 is 14.2 Å². The molecule has 30 heavy (non-hydrogen) atoms. The van der Waals surface area contributed by atoms with Crippen LogP contribution in [0.5, 0.6) is 5.75 Å². The highest BCUT2D eigenvalue weighted by Crippen LogP contribution is 2.29. The van der Waals surface area contributed by atoms with Crippen LogP contribution >= 0.6 is 0 Å². The maximum Gasteiger partial charge on any atom is 0.248 e. The minimum Gasteiger partial charge on any atom is -0.496 e. The van der Waals surface area contributed by atoms with E-state index in [2.05, 4.69) is 5.16 Å². The fourth-order valence-corrected chi connectivity index (χ4v) is 5.75. The van der Waals surface area contributed by atoms with E-state index in [9.17, 15) is 13.2 Å². The number of hydrogen-bond donors (Lipinski definition) is 0. The van der Waals surface area contributed by atoms with E-state index in [1.807, 2.05) is 25.1 Å². The van der Waals surface area contributed by atoms with Crippen LogP contribution in [0.4, 0.5) is 0 Å². The number of amides is 1. The highest BCUT2D eigenvalue weighted by atomic mass is 32.2. The third-order valence-electron chi connectivity index (χ3n) is 5.59. The molecular weight excluding hydrogens is 406 g/mol. The summed E-state index contributed by atoms with van der Waals surface area (Å²) in [6.45, 7) is 6.25. The SMILES string of the molecule is COc1ccc(C)cc1CN(C)C(=O)C1CCN(S(=O)(=O)c2c(C)noc2C)CC1. The molecule has 0 atom stereocenters. The van der Waals surface area contributed by atoms with Gasteiger partial charge in [0.15, 0.2) is 5.76 Å². The Balaban J connectivity index is 1.65. The summed E-state index contributed by atoms with van der Waals surface area (Å²) in [6, 6.07) is 5.89. The third-order valence-corrected chi connectivity index (χ3v) is 7.73. The predicted octanol–water partition coefficient (Wildman–Crippen LogP) is 2.67. The summed E-state index contributed by atoms with van der Waals surface area (Å²) in [7, 11) is -0.285. The van der Waals surface area contributed by atoms with Gasteiger partial charge in [-0.05, 0) is 39.7 Å². The maximum absolute atomic E-state index is 13.0. The molecule has 9 heteroatoms. The zero-order valence-corrected chi connectivity index (χ0v) is 19.0. The number of sulfonamides is 1. The zero-order chi connectivity index (χ0) is 22.1. The number of rotatable bonds is 6. The average molecular weight is 436 g/mol. The molecule has 1 fully saturated rings. The summed E-state index contributed by atoms with van der Waals surface area (Å²) < 4.78 is 37.8. The topological polar surface area (TPSA) is 93.0 Å². The highest BCUT2D eigenvalue weighted by molar-refractivity contribution is 7.89. The molecule has 1 amide bonds. The van der Waals surface area contributed by atoms with Gasteiger partial charge in [-0.2, -0.15) is 4.31 Å². The number of aryl methyl sites for hydroxylation is 3. The lowest BCUT2D eigenvalue weighted by atomic mass is 9.96. The molecule has 0 spiro atoms. The first-order valence-electron chi connectivity index (χ1n) is 9.96. The second kappa shape index (κ2) is 8.77. The molecule has 1 aromatic carbocycles. The summed E-state index contributed by atoms with van der Waals surface area (Å²) in [6.07, 6.45) is 0.966. The van der Waals surface area contributed by atoms with Gasteiger partial charge in [0.05, 0.1) is 7.11 Å². The van der Waals surface area contributed by atoms with E-state index in [4.69, 9.17) is 9.26 Å². The van der Waals surface area contributed by atoms with Crippen molar-refractivity contribution in [2.75, 3.05) is 27.2 Å². The van der Waals surface area contributed by atoms with Crippen molar-refractivity contribution >= 4 is 15.9 Å². The fraction of sp³-hybridized carbons (Fsp3) is 0.524. The van der Waals surface area contributed by atoms with Crippen molar-refractivity contribution in [1.29, 1.82) is 0 Å². The summed E-state index contributed by atoms with van der Waals surface area (Å²) >= 11 is 0. The molecular formula is C21H29N3O5S. The number of nitrogens with zero attached hydrogens (tertiary/aromatic N) is 3. The zero-order valence-electron chi connectivity index (χ0n) is 18.1. The van der Waals surface area contributed by atoms with Gasteiger partial charge in [0, 0.05) is 38.2 Å². The largest absolute Gasteiger partial charge is 0.496 e. The summed E-state index contributed by atoms with van der Waals surface area (Å²) in [5, 5.41) is 3.75. The van der Waals surface area contributed by atoms with E-state index in [1.165, 1.54) is 4.31 Å². The van der Waals surface area contributed by atoms with E-state index < -0.39 is 10.0 Å². The molecule has 0 bridgehead atoms. The molecule has 2 aromatic rings. The van der Waals surface area contributed by atoms with Crippen molar-refractivity contribution in [3.8, 4) is 5.75 Å². The highest BCUT2D eigenvalue weighted by Gasteiger charge is 2.36. The van der Waals surface area contributed by atoms with Crippen LogP contribution in [0, 0.1) is 26.7 Å². The molecule has 0 N–H and O–H groups in total. The Bertz CT molecular complexity index is 1000. The average Bonchev–Trinajstić information content (AvgIpc) is 3.06. The van der Waals surface area contributed by atoms with Gasteiger partial charge in [-0.25, -0.2) is 8.42 Å². The Morgan fingerprint density at radius 2 is 1.93 bits per heavy atom. The standard InChI is InChI=1S/C21H29N3O5S/c1-14-6-7-19(28-5)18(12-14)13-23(4)21(25)17-8-10-24(11-9-17)30(26,27)20-15(2)22-29-16(20)3/h6-7,12,17H,8-11,13H2,1-5H3. The lowest BCUT2D eigenvalue weighted by Gasteiger charge is -2.32. The molecule has 0 saturated carbocycles. The number of carbonyl (C=O) groups excluding carboxylic acids is 1. The minimum absolute atomic E-state index is 0.0212. The van der Waals surface area contributed by atoms with Crippen molar-refractivity contribution in [3.63, 3.8) is 0 Å². The molecule has 0 aliphatic carbocycles. The van der Waals surface area contributed by atoms with Crippen molar-refractivity contribution in [1.82, 2.24) is 14.4 Å². The second-order valence-corrected chi connectivity index (χ2v) is 9.72. The molecule has 164 valence electrons. The number of aromatic nitrogens is 1. The Hall–Kier alpha value is -2.39. The summed E-state index contributed by atoms with van der Waals surface area (Å²) in [5.41, 5.74) is 2.41. The Kier molecular flexibility index (Phi) is 6.52. The number of benzene rings is 1. The molecule has 0 radical (unpaired) electrons. The van der Waals surface area contributed by atoms with Gasteiger partial charge in [0.2, 0.25) is 15.9 Å².